The maximum atomic E-state index is 10.8. The average Bonchev–Trinajstić information content (AvgIpc) is 2.54. The zero-order chi connectivity index (χ0) is 9.56. The molecule has 0 aliphatic rings. The molecule has 0 aliphatic carbocycles. The summed E-state index contributed by atoms with van der Waals surface area (Å²) in [7, 11) is 1.58. The van der Waals surface area contributed by atoms with E-state index in [1.54, 1.807) is 13.1 Å². The van der Waals surface area contributed by atoms with Crippen molar-refractivity contribution in [3.8, 4) is 0 Å². The first kappa shape index (κ1) is 10.7. The lowest BCUT2D eigenvalue weighted by Gasteiger charge is -1.89. The van der Waals surface area contributed by atoms with Gasteiger partial charge in [0.25, 0.3) is 5.91 Å². The summed E-state index contributed by atoms with van der Waals surface area (Å²) in [6, 6.07) is 1.69. The van der Waals surface area contributed by atoms with E-state index in [4.69, 9.17) is 0 Å². The van der Waals surface area contributed by atoms with Crippen LogP contribution in [-0.2, 0) is 0 Å². The number of amides is 1. The molecule has 0 radical (unpaired) electrons. The van der Waals surface area contributed by atoms with E-state index in [0.717, 1.165) is 5.69 Å². The van der Waals surface area contributed by atoms with Crippen LogP contribution in [0.25, 0.3) is 0 Å². The van der Waals surface area contributed by atoms with E-state index in [1.165, 1.54) is 0 Å². The summed E-state index contributed by atoms with van der Waals surface area (Å²) < 4.78 is 0. The molecule has 0 saturated heterocycles. The minimum absolute atomic E-state index is 0.163. The van der Waals surface area contributed by atoms with Gasteiger partial charge in [0, 0.05) is 12.7 Å². The summed E-state index contributed by atoms with van der Waals surface area (Å²) in [5, 5.41) is 8.90. The number of nitrogens with one attached hydrogen (secondary N) is 2. The van der Waals surface area contributed by atoms with Crippen molar-refractivity contribution < 1.29 is 4.79 Å². The zero-order valence-electron chi connectivity index (χ0n) is 7.93. The number of aromatic nitrogens is 2. The van der Waals surface area contributed by atoms with Crippen LogP contribution < -0.4 is 5.32 Å². The molecule has 4 nitrogen and oxygen atoms in total. The van der Waals surface area contributed by atoms with Crippen molar-refractivity contribution in [2.24, 2.45) is 0 Å². The number of carbonyl (C=O) groups is 1. The number of H-pyrrole nitrogens is 1. The van der Waals surface area contributed by atoms with E-state index in [0.29, 0.717) is 5.69 Å². The van der Waals surface area contributed by atoms with Gasteiger partial charge in [0.05, 0.1) is 0 Å². The Balaban J connectivity index is 0.000000561. The van der Waals surface area contributed by atoms with Gasteiger partial charge in [-0.3, -0.25) is 9.89 Å². The smallest absolute Gasteiger partial charge is 0.271 e. The Bertz CT molecular complexity index is 242. The third kappa shape index (κ3) is 2.74. The molecule has 0 aliphatic heterocycles. The average molecular weight is 169 g/mol. The first-order valence-electron chi connectivity index (χ1n) is 3.98. The van der Waals surface area contributed by atoms with Crippen LogP contribution in [0, 0.1) is 6.92 Å². The van der Waals surface area contributed by atoms with Crippen molar-refractivity contribution in [2.75, 3.05) is 7.05 Å². The number of hydrogen-bond acceptors (Lipinski definition) is 2. The fourth-order valence-electron chi connectivity index (χ4n) is 0.662. The molecule has 0 spiro atoms. The lowest BCUT2D eigenvalue weighted by molar-refractivity contribution is 0.0958. The predicted molar refractivity (Wildman–Crippen MR) is 48.1 cm³/mol. The molecule has 12 heavy (non-hydrogen) atoms. The molecule has 1 rings (SSSR count). The molecule has 0 aromatic carbocycles. The lowest BCUT2D eigenvalue weighted by atomic mass is 10.3. The van der Waals surface area contributed by atoms with Gasteiger partial charge in [-0.15, -0.1) is 0 Å². The highest BCUT2D eigenvalue weighted by Crippen LogP contribution is 1.95. The molecule has 68 valence electrons. The highest BCUT2D eigenvalue weighted by molar-refractivity contribution is 5.91. The fourth-order valence-corrected chi connectivity index (χ4v) is 0.662. The molecule has 2 N–H and O–H groups in total. The second kappa shape index (κ2) is 5.35. The number of carbonyl (C=O) groups excluding carboxylic acids is 1. The molecule has 4 heteroatoms. The second-order valence-corrected chi connectivity index (χ2v) is 2.02. The van der Waals surface area contributed by atoms with Crippen molar-refractivity contribution in [2.45, 2.75) is 20.8 Å². The Morgan fingerprint density at radius 2 is 2.17 bits per heavy atom. The zero-order valence-corrected chi connectivity index (χ0v) is 7.93. The van der Waals surface area contributed by atoms with Crippen LogP contribution in [-0.4, -0.2) is 23.2 Å². The van der Waals surface area contributed by atoms with Crippen LogP contribution in [0.5, 0.6) is 0 Å². The Kier molecular flexibility index (Phi) is 4.76. The standard InChI is InChI=1S/C6H9N3O.C2H6/c1-4-3-5(9-8-4)6(10)7-2;1-2/h3H,1-2H3,(H,7,10)(H,8,9);1-2H3. The predicted octanol–water partition coefficient (Wildman–Crippen LogP) is 1.10. The monoisotopic (exact) mass is 169 g/mol. The second-order valence-electron chi connectivity index (χ2n) is 2.02. The Hall–Kier alpha value is -1.32. The number of rotatable bonds is 1. The summed E-state index contributed by atoms with van der Waals surface area (Å²) in [5.74, 6) is -0.163. The van der Waals surface area contributed by atoms with Gasteiger partial charge in [-0.25, -0.2) is 0 Å². The van der Waals surface area contributed by atoms with Crippen LogP contribution in [0.2, 0.25) is 0 Å². The van der Waals surface area contributed by atoms with Crippen LogP contribution in [0.4, 0.5) is 0 Å². The summed E-state index contributed by atoms with van der Waals surface area (Å²) in [5.41, 5.74) is 1.32. The molecule has 1 aromatic heterocycles. The number of nitrogens with zero attached hydrogens (tertiary/aromatic N) is 1. The maximum absolute atomic E-state index is 10.8. The quantitative estimate of drug-likeness (QED) is 0.661. The molecule has 0 fully saturated rings. The third-order valence-electron chi connectivity index (χ3n) is 1.17. The van der Waals surface area contributed by atoms with Crippen LogP contribution in [0.15, 0.2) is 6.07 Å². The molecule has 0 unspecified atom stereocenters. The van der Waals surface area contributed by atoms with Gasteiger partial charge in [-0.2, -0.15) is 5.10 Å². The van der Waals surface area contributed by atoms with Crippen molar-refractivity contribution in [3.05, 3.63) is 17.5 Å². The molecular weight excluding hydrogens is 154 g/mol. The van der Waals surface area contributed by atoms with Crippen LogP contribution in [0.1, 0.15) is 30.0 Å². The number of aryl methyl sites for hydroxylation is 1. The highest BCUT2D eigenvalue weighted by Gasteiger charge is 2.04. The van der Waals surface area contributed by atoms with Crippen molar-refractivity contribution in [1.29, 1.82) is 0 Å². The van der Waals surface area contributed by atoms with Gasteiger partial charge in [0.2, 0.25) is 0 Å². The highest BCUT2D eigenvalue weighted by atomic mass is 16.1. The van der Waals surface area contributed by atoms with Crippen LogP contribution in [0.3, 0.4) is 0 Å². The molecule has 0 atom stereocenters. The lowest BCUT2D eigenvalue weighted by Crippen LogP contribution is -2.17. The molecule has 1 heterocycles. The van der Waals surface area contributed by atoms with Gasteiger partial charge < -0.3 is 5.32 Å². The molecule has 0 saturated carbocycles. The van der Waals surface area contributed by atoms with Gasteiger partial charge in [0.15, 0.2) is 0 Å². The first-order chi connectivity index (χ1) is 5.74. The van der Waals surface area contributed by atoms with Gasteiger partial charge in [-0.05, 0) is 13.0 Å². The molecule has 1 aromatic rings. The number of aromatic amines is 1. The van der Waals surface area contributed by atoms with E-state index in [2.05, 4.69) is 15.5 Å². The van der Waals surface area contributed by atoms with E-state index < -0.39 is 0 Å². The Labute approximate surface area is 72.4 Å². The van der Waals surface area contributed by atoms with Crippen LogP contribution >= 0.6 is 0 Å². The summed E-state index contributed by atoms with van der Waals surface area (Å²) >= 11 is 0. The van der Waals surface area contributed by atoms with Crippen molar-refractivity contribution >= 4 is 5.91 Å². The van der Waals surface area contributed by atoms with Gasteiger partial charge in [-0.1, -0.05) is 13.8 Å². The maximum Gasteiger partial charge on any atom is 0.271 e. The fraction of sp³-hybridized carbons (Fsp3) is 0.500. The van der Waals surface area contributed by atoms with E-state index >= 15 is 0 Å². The minimum atomic E-state index is -0.163. The molecule has 1 amide bonds. The van der Waals surface area contributed by atoms with Crippen molar-refractivity contribution in [1.82, 2.24) is 15.5 Å². The SMILES string of the molecule is CC.CNC(=O)c1cc(C)[nH]n1. The summed E-state index contributed by atoms with van der Waals surface area (Å²) in [6.45, 7) is 5.85. The van der Waals surface area contributed by atoms with Crippen molar-refractivity contribution in [3.63, 3.8) is 0 Å². The largest absolute Gasteiger partial charge is 0.354 e. The summed E-state index contributed by atoms with van der Waals surface area (Å²) in [6.07, 6.45) is 0. The van der Waals surface area contributed by atoms with E-state index in [9.17, 15) is 4.79 Å². The normalized spacial score (nSPS) is 8.33. The molecule has 0 bridgehead atoms. The Morgan fingerprint density at radius 1 is 1.58 bits per heavy atom. The van der Waals surface area contributed by atoms with E-state index in [1.807, 2.05) is 20.8 Å². The van der Waals surface area contributed by atoms with E-state index in [-0.39, 0.29) is 5.91 Å². The topological polar surface area (TPSA) is 57.8 Å². The molecular formula is C8H15N3O. The number of hydrogen-bond donors (Lipinski definition) is 2. The first-order valence-corrected chi connectivity index (χ1v) is 3.98. The van der Waals surface area contributed by atoms with Gasteiger partial charge in [0.1, 0.15) is 5.69 Å². The summed E-state index contributed by atoms with van der Waals surface area (Å²) in [4.78, 5) is 10.8. The minimum Gasteiger partial charge on any atom is -0.354 e. The van der Waals surface area contributed by atoms with Gasteiger partial charge >= 0.3 is 0 Å². The Morgan fingerprint density at radius 3 is 2.50 bits per heavy atom. The third-order valence-corrected chi connectivity index (χ3v) is 1.17.